The van der Waals surface area contributed by atoms with E-state index in [-0.39, 0.29) is 0 Å². The van der Waals surface area contributed by atoms with Gasteiger partial charge in [0.15, 0.2) is 11.5 Å². The molecule has 0 bridgehead atoms. The lowest BCUT2D eigenvalue weighted by Gasteiger charge is -2.22. The van der Waals surface area contributed by atoms with Crippen molar-refractivity contribution in [1.29, 1.82) is 0 Å². The summed E-state index contributed by atoms with van der Waals surface area (Å²) in [4.78, 5) is 2.60. The first kappa shape index (κ1) is 22.1. The van der Waals surface area contributed by atoms with Crippen LogP contribution in [0.4, 0.5) is 0 Å². The molecule has 0 aromatic heterocycles. The summed E-state index contributed by atoms with van der Waals surface area (Å²) in [5.41, 5.74) is 1.11. The maximum absolute atomic E-state index is 6.25. The highest BCUT2D eigenvalue weighted by Crippen LogP contribution is 2.35. The molecule has 0 saturated carbocycles. The second-order valence-corrected chi connectivity index (χ2v) is 6.80. The first-order chi connectivity index (χ1) is 12.2. The minimum absolute atomic E-state index is 0.587. The van der Waals surface area contributed by atoms with Crippen molar-refractivity contribution < 1.29 is 9.47 Å². The van der Waals surface area contributed by atoms with Gasteiger partial charge in [-0.05, 0) is 63.1 Å². The average molecular weight is 371 g/mol. The fraction of sp³-hybridized carbons (Fsp3) is 0.700. The van der Waals surface area contributed by atoms with Gasteiger partial charge in [0.25, 0.3) is 0 Å². The molecule has 0 amide bonds. The third-order valence-electron chi connectivity index (χ3n) is 4.31. The molecule has 0 spiro atoms. The van der Waals surface area contributed by atoms with Gasteiger partial charge in [0.2, 0.25) is 0 Å². The zero-order valence-corrected chi connectivity index (χ0v) is 17.1. The minimum atomic E-state index is 0.587. The van der Waals surface area contributed by atoms with Crippen molar-refractivity contribution in [3.63, 3.8) is 0 Å². The van der Waals surface area contributed by atoms with Crippen LogP contribution in [0.3, 0.4) is 0 Å². The summed E-state index contributed by atoms with van der Waals surface area (Å²) in [5, 5.41) is 4.09. The van der Waals surface area contributed by atoms with Gasteiger partial charge in [-0.1, -0.05) is 38.3 Å². The van der Waals surface area contributed by atoms with E-state index in [1.165, 1.54) is 45.3 Å². The molecular weight excluding hydrogens is 336 g/mol. The van der Waals surface area contributed by atoms with Crippen molar-refractivity contribution in [2.24, 2.45) is 0 Å². The molecule has 0 atom stereocenters. The molecule has 1 N–H and O–H groups in total. The van der Waals surface area contributed by atoms with E-state index in [0.717, 1.165) is 25.1 Å². The molecular formula is C20H35ClN2O2. The van der Waals surface area contributed by atoms with Crippen LogP contribution in [0.1, 0.15) is 51.5 Å². The predicted octanol–water partition coefficient (Wildman–Crippen LogP) is 4.74. The molecule has 4 nitrogen and oxygen atoms in total. The lowest BCUT2D eigenvalue weighted by molar-refractivity contribution is 0.261. The normalized spacial score (nSPS) is 11.1. The van der Waals surface area contributed by atoms with Crippen molar-refractivity contribution >= 4 is 11.6 Å². The Morgan fingerprint density at radius 2 is 1.60 bits per heavy atom. The summed E-state index contributed by atoms with van der Waals surface area (Å²) < 4.78 is 10.6. The van der Waals surface area contributed by atoms with Crippen molar-refractivity contribution in [2.45, 2.75) is 52.5 Å². The van der Waals surface area contributed by atoms with Crippen LogP contribution in [0.5, 0.6) is 11.5 Å². The van der Waals surface area contributed by atoms with E-state index in [2.05, 4.69) is 24.1 Å². The van der Waals surface area contributed by atoms with Crippen molar-refractivity contribution in [3.8, 4) is 11.5 Å². The molecule has 5 heteroatoms. The van der Waals surface area contributed by atoms with Crippen molar-refractivity contribution in [1.82, 2.24) is 10.2 Å². The second kappa shape index (κ2) is 13.3. The molecule has 0 saturated heterocycles. The van der Waals surface area contributed by atoms with Crippen LogP contribution in [0, 0.1) is 0 Å². The molecule has 0 fully saturated rings. The number of hydrogen-bond acceptors (Lipinski definition) is 4. The molecule has 0 radical (unpaired) electrons. The summed E-state index contributed by atoms with van der Waals surface area (Å²) in [7, 11) is 3.23. The van der Waals surface area contributed by atoms with Crippen LogP contribution in [0.2, 0.25) is 5.02 Å². The summed E-state index contributed by atoms with van der Waals surface area (Å²) in [6.45, 7) is 9.91. The molecule has 0 aliphatic rings. The Hall–Kier alpha value is -0.970. The first-order valence-electron chi connectivity index (χ1n) is 9.49. The van der Waals surface area contributed by atoms with E-state index in [1.807, 2.05) is 12.1 Å². The van der Waals surface area contributed by atoms with Gasteiger partial charge >= 0.3 is 0 Å². The van der Waals surface area contributed by atoms with Crippen molar-refractivity contribution in [2.75, 3.05) is 40.4 Å². The maximum Gasteiger partial charge on any atom is 0.179 e. The van der Waals surface area contributed by atoms with Crippen LogP contribution < -0.4 is 14.8 Å². The van der Waals surface area contributed by atoms with Gasteiger partial charge in [0.1, 0.15) is 0 Å². The summed E-state index contributed by atoms with van der Waals surface area (Å²) in [5.74, 6) is 1.27. The maximum atomic E-state index is 6.25. The topological polar surface area (TPSA) is 33.7 Å². The van der Waals surface area contributed by atoms with Gasteiger partial charge < -0.3 is 19.7 Å². The third kappa shape index (κ3) is 8.30. The third-order valence-corrected chi connectivity index (χ3v) is 4.59. The zero-order chi connectivity index (χ0) is 18.5. The Morgan fingerprint density at radius 1 is 0.960 bits per heavy atom. The van der Waals surface area contributed by atoms with E-state index in [4.69, 9.17) is 21.1 Å². The smallest absolute Gasteiger partial charge is 0.179 e. The fourth-order valence-corrected chi connectivity index (χ4v) is 3.14. The molecule has 0 heterocycles. The largest absolute Gasteiger partial charge is 0.493 e. The summed E-state index contributed by atoms with van der Waals surface area (Å²) in [6.07, 6.45) is 6.28. The summed E-state index contributed by atoms with van der Waals surface area (Å²) in [6, 6.07) is 3.91. The van der Waals surface area contributed by atoms with Crippen molar-refractivity contribution in [3.05, 3.63) is 22.7 Å². The Balaban J connectivity index is 2.37. The van der Waals surface area contributed by atoms with Crippen LogP contribution in [-0.4, -0.2) is 45.3 Å². The van der Waals surface area contributed by atoms with Gasteiger partial charge in [-0.25, -0.2) is 0 Å². The lowest BCUT2D eigenvalue weighted by Crippen LogP contribution is -2.29. The number of nitrogens with one attached hydrogen (secondary N) is 1. The lowest BCUT2D eigenvalue weighted by atomic mass is 10.2. The number of nitrogens with zero attached hydrogens (tertiary/aromatic N) is 1. The van der Waals surface area contributed by atoms with E-state index in [0.29, 0.717) is 16.5 Å². The fourth-order valence-electron chi connectivity index (χ4n) is 2.83. The molecule has 144 valence electrons. The molecule has 1 aromatic rings. The molecule has 1 aromatic carbocycles. The SMILES string of the molecule is CCCCN(CCCC)CCCNCc1cc(Cl)c(OC)c(OC)c1. The van der Waals surface area contributed by atoms with Gasteiger partial charge in [0, 0.05) is 6.54 Å². The Kier molecular flexibility index (Phi) is 11.7. The first-order valence-corrected chi connectivity index (χ1v) is 9.87. The number of halogens is 1. The monoisotopic (exact) mass is 370 g/mol. The number of methoxy groups -OCH3 is 2. The van der Waals surface area contributed by atoms with E-state index in [1.54, 1.807) is 14.2 Å². The van der Waals surface area contributed by atoms with Crippen LogP contribution >= 0.6 is 11.6 Å². The standard InChI is InChI=1S/C20H35ClN2O2/c1-5-7-11-23(12-8-6-2)13-9-10-22-16-17-14-18(21)20(25-4)19(15-17)24-3/h14-15,22H,5-13,16H2,1-4H3. The number of ether oxygens (including phenoxy) is 2. The molecule has 0 aliphatic heterocycles. The van der Waals surface area contributed by atoms with Gasteiger partial charge in [-0.3, -0.25) is 0 Å². The summed E-state index contributed by atoms with van der Waals surface area (Å²) >= 11 is 6.25. The molecule has 0 unspecified atom stereocenters. The van der Waals surface area contributed by atoms with E-state index < -0.39 is 0 Å². The highest BCUT2D eigenvalue weighted by molar-refractivity contribution is 6.32. The Labute approximate surface area is 158 Å². The quantitative estimate of drug-likeness (QED) is 0.479. The number of unbranched alkanes of at least 4 members (excludes halogenated alkanes) is 2. The molecule has 1 rings (SSSR count). The second-order valence-electron chi connectivity index (χ2n) is 6.39. The van der Waals surface area contributed by atoms with Crippen LogP contribution in [0.25, 0.3) is 0 Å². The number of benzene rings is 1. The van der Waals surface area contributed by atoms with E-state index >= 15 is 0 Å². The number of hydrogen-bond donors (Lipinski definition) is 1. The van der Waals surface area contributed by atoms with Gasteiger partial charge in [-0.15, -0.1) is 0 Å². The zero-order valence-electron chi connectivity index (χ0n) is 16.4. The van der Waals surface area contributed by atoms with Gasteiger partial charge in [0.05, 0.1) is 19.2 Å². The highest BCUT2D eigenvalue weighted by atomic mass is 35.5. The number of rotatable bonds is 14. The Bertz CT molecular complexity index is 475. The minimum Gasteiger partial charge on any atom is -0.493 e. The van der Waals surface area contributed by atoms with E-state index in [9.17, 15) is 0 Å². The Morgan fingerprint density at radius 3 is 2.16 bits per heavy atom. The van der Waals surface area contributed by atoms with Gasteiger partial charge in [-0.2, -0.15) is 0 Å². The van der Waals surface area contributed by atoms with Crippen LogP contribution in [0.15, 0.2) is 12.1 Å². The van der Waals surface area contributed by atoms with Crippen LogP contribution in [-0.2, 0) is 6.54 Å². The predicted molar refractivity (Wildman–Crippen MR) is 107 cm³/mol. The molecule has 0 aliphatic carbocycles. The highest BCUT2D eigenvalue weighted by Gasteiger charge is 2.10. The molecule has 25 heavy (non-hydrogen) atoms. The average Bonchev–Trinajstić information content (AvgIpc) is 2.62.